The zero-order valence-electron chi connectivity index (χ0n) is 18.3. The van der Waals surface area contributed by atoms with Crippen LogP contribution in [0.4, 0.5) is 0 Å². The van der Waals surface area contributed by atoms with Crippen LogP contribution in [0.2, 0.25) is 0 Å². The maximum atomic E-state index is 11.6. The predicted molar refractivity (Wildman–Crippen MR) is 124 cm³/mol. The number of thiazole rings is 1. The van der Waals surface area contributed by atoms with Gasteiger partial charge in [0.15, 0.2) is 0 Å². The lowest BCUT2D eigenvalue weighted by atomic mass is 10.1. The number of benzene rings is 2. The number of rotatable bonds is 10. The van der Waals surface area contributed by atoms with Crippen molar-refractivity contribution in [1.82, 2.24) is 14.8 Å². The predicted octanol–water partition coefficient (Wildman–Crippen LogP) is 5.56. The van der Waals surface area contributed by atoms with E-state index in [0.717, 1.165) is 48.6 Å². The van der Waals surface area contributed by atoms with Crippen LogP contribution in [0.25, 0.3) is 10.2 Å². The molecule has 0 saturated heterocycles. The topological polar surface area (TPSA) is 45.7 Å². The number of carbonyl (C=O) groups excluding carboxylic acids is 1. The van der Waals surface area contributed by atoms with Gasteiger partial charge in [0, 0.05) is 39.1 Å². The number of fused-ring (bicyclic) bond motifs is 1. The molecule has 0 bridgehead atoms. The first-order valence-electron chi connectivity index (χ1n) is 10.6. The SMILES string of the molecule is CCN(CCCN(Cc1ccc(Oc2nc3ccccc3s2)cc1)C(C)C)C(C)=O. The van der Waals surface area contributed by atoms with Crippen molar-refractivity contribution >= 4 is 27.5 Å². The molecule has 0 aliphatic carbocycles. The van der Waals surface area contributed by atoms with Gasteiger partial charge in [0.05, 0.1) is 10.2 Å². The Kier molecular flexibility index (Phi) is 7.82. The van der Waals surface area contributed by atoms with E-state index in [0.29, 0.717) is 11.2 Å². The van der Waals surface area contributed by atoms with Crippen molar-refractivity contribution in [3.05, 3.63) is 54.1 Å². The molecule has 0 N–H and O–H groups in total. The summed E-state index contributed by atoms with van der Waals surface area (Å²) in [5.41, 5.74) is 2.22. The Bertz CT molecular complexity index is 919. The summed E-state index contributed by atoms with van der Waals surface area (Å²) in [5, 5.41) is 0.665. The van der Waals surface area contributed by atoms with Crippen LogP contribution in [0.3, 0.4) is 0 Å². The summed E-state index contributed by atoms with van der Waals surface area (Å²) in [6, 6.07) is 16.7. The van der Waals surface area contributed by atoms with Crippen molar-refractivity contribution in [3.63, 3.8) is 0 Å². The fourth-order valence-electron chi connectivity index (χ4n) is 3.42. The molecule has 0 fully saturated rings. The van der Waals surface area contributed by atoms with Gasteiger partial charge < -0.3 is 9.64 Å². The molecular weight excluding hydrogens is 394 g/mol. The first kappa shape index (κ1) is 22.2. The van der Waals surface area contributed by atoms with E-state index >= 15 is 0 Å². The van der Waals surface area contributed by atoms with Crippen LogP contribution in [0, 0.1) is 0 Å². The van der Waals surface area contributed by atoms with E-state index in [1.165, 1.54) is 5.56 Å². The molecule has 3 rings (SSSR count). The minimum atomic E-state index is 0.150. The normalized spacial score (nSPS) is 11.4. The van der Waals surface area contributed by atoms with E-state index in [2.05, 4.69) is 41.9 Å². The summed E-state index contributed by atoms with van der Waals surface area (Å²) in [4.78, 5) is 20.5. The third-order valence-corrected chi connectivity index (χ3v) is 6.13. The fourth-order valence-corrected chi connectivity index (χ4v) is 4.25. The Morgan fingerprint density at radius 1 is 1.10 bits per heavy atom. The molecule has 0 aliphatic heterocycles. The van der Waals surface area contributed by atoms with E-state index in [1.54, 1.807) is 18.3 Å². The smallest absolute Gasteiger partial charge is 0.279 e. The number of para-hydroxylation sites is 1. The Morgan fingerprint density at radius 3 is 2.47 bits per heavy atom. The van der Waals surface area contributed by atoms with Crippen molar-refractivity contribution in [2.24, 2.45) is 0 Å². The highest BCUT2D eigenvalue weighted by Gasteiger charge is 2.12. The summed E-state index contributed by atoms with van der Waals surface area (Å²) in [6.07, 6.45) is 0.977. The van der Waals surface area contributed by atoms with Gasteiger partial charge in [-0.1, -0.05) is 35.6 Å². The molecule has 0 unspecified atom stereocenters. The highest BCUT2D eigenvalue weighted by atomic mass is 32.1. The van der Waals surface area contributed by atoms with E-state index in [-0.39, 0.29) is 5.91 Å². The van der Waals surface area contributed by atoms with Crippen LogP contribution in [0.1, 0.15) is 39.7 Å². The Balaban J connectivity index is 1.56. The van der Waals surface area contributed by atoms with Gasteiger partial charge in [-0.25, -0.2) is 4.98 Å². The highest BCUT2D eigenvalue weighted by Crippen LogP contribution is 2.31. The molecule has 2 aromatic carbocycles. The summed E-state index contributed by atoms with van der Waals surface area (Å²) < 4.78 is 7.08. The molecule has 3 aromatic rings. The average molecular weight is 426 g/mol. The van der Waals surface area contributed by atoms with Crippen LogP contribution < -0.4 is 4.74 Å². The van der Waals surface area contributed by atoms with Crippen LogP contribution in [0.15, 0.2) is 48.5 Å². The van der Waals surface area contributed by atoms with E-state index in [1.807, 2.05) is 42.2 Å². The maximum Gasteiger partial charge on any atom is 0.279 e. The molecule has 1 amide bonds. The first-order chi connectivity index (χ1) is 14.5. The summed E-state index contributed by atoms with van der Waals surface area (Å²) in [6.45, 7) is 11.5. The average Bonchev–Trinajstić information content (AvgIpc) is 3.13. The number of aromatic nitrogens is 1. The molecular formula is C24H31N3O2S. The molecule has 6 heteroatoms. The van der Waals surface area contributed by atoms with Crippen LogP contribution >= 0.6 is 11.3 Å². The number of nitrogens with zero attached hydrogens (tertiary/aromatic N) is 3. The van der Waals surface area contributed by atoms with Crippen molar-refractivity contribution < 1.29 is 9.53 Å². The zero-order valence-corrected chi connectivity index (χ0v) is 19.1. The van der Waals surface area contributed by atoms with Gasteiger partial charge in [0.1, 0.15) is 5.75 Å². The van der Waals surface area contributed by atoms with Gasteiger partial charge in [-0.2, -0.15) is 0 Å². The van der Waals surface area contributed by atoms with E-state index in [4.69, 9.17) is 4.74 Å². The maximum absolute atomic E-state index is 11.6. The molecule has 0 aliphatic rings. The number of amides is 1. The van der Waals surface area contributed by atoms with Crippen molar-refractivity contribution in [2.75, 3.05) is 19.6 Å². The second kappa shape index (κ2) is 10.5. The molecule has 30 heavy (non-hydrogen) atoms. The third-order valence-electron chi connectivity index (χ3n) is 5.22. The molecule has 0 spiro atoms. The molecule has 5 nitrogen and oxygen atoms in total. The Hall–Kier alpha value is -2.44. The van der Waals surface area contributed by atoms with Crippen molar-refractivity contribution in [3.8, 4) is 10.9 Å². The van der Waals surface area contributed by atoms with Gasteiger partial charge in [0.2, 0.25) is 5.91 Å². The standard InChI is InChI=1S/C24H31N3O2S/c1-5-26(19(4)28)15-8-16-27(18(2)3)17-20-11-13-21(14-12-20)29-24-25-22-9-6-7-10-23(22)30-24/h6-7,9-14,18H,5,8,15-17H2,1-4H3. The lowest BCUT2D eigenvalue weighted by molar-refractivity contribution is -0.128. The van der Waals surface area contributed by atoms with Crippen molar-refractivity contribution in [2.45, 2.75) is 46.7 Å². The molecule has 0 atom stereocenters. The van der Waals surface area contributed by atoms with Crippen LogP contribution in [-0.4, -0.2) is 46.4 Å². The fraction of sp³-hybridized carbons (Fsp3) is 0.417. The second-order valence-corrected chi connectivity index (χ2v) is 8.70. The van der Waals surface area contributed by atoms with Crippen LogP contribution in [0.5, 0.6) is 10.9 Å². The van der Waals surface area contributed by atoms with Gasteiger partial charge >= 0.3 is 0 Å². The molecule has 0 saturated carbocycles. The lowest BCUT2D eigenvalue weighted by Crippen LogP contribution is -2.35. The van der Waals surface area contributed by atoms with Gasteiger partial charge in [-0.05, 0) is 57.0 Å². The van der Waals surface area contributed by atoms with Crippen molar-refractivity contribution in [1.29, 1.82) is 0 Å². The monoisotopic (exact) mass is 425 g/mol. The first-order valence-corrected chi connectivity index (χ1v) is 11.4. The van der Waals surface area contributed by atoms with Gasteiger partial charge in [-0.15, -0.1) is 0 Å². The van der Waals surface area contributed by atoms with Gasteiger partial charge in [0.25, 0.3) is 5.19 Å². The van der Waals surface area contributed by atoms with E-state index in [9.17, 15) is 4.79 Å². The largest absolute Gasteiger partial charge is 0.431 e. The summed E-state index contributed by atoms with van der Waals surface area (Å²) in [5.74, 6) is 0.950. The molecule has 1 aromatic heterocycles. The third kappa shape index (κ3) is 6.03. The summed E-state index contributed by atoms with van der Waals surface area (Å²) >= 11 is 1.56. The quantitative estimate of drug-likeness (QED) is 0.427. The van der Waals surface area contributed by atoms with Gasteiger partial charge in [-0.3, -0.25) is 9.69 Å². The second-order valence-electron chi connectivity index (χ2n) is 7.71. The number of ether oxygens (including phenoxy) is 1. The Labute approximate surface area is 183 Å². The molecule has 0 radical (unpaired) electrons. The van der Waals surface area contributed by atoms with Crippen LogP contribution in [-0.2, 0) is 11.3 Å². The minimum absolute atomic E-state index is 0.150. The summed E-state index contributed by atoms with van der Waals surface area (Å²) in [7, 11) is 0. The highest BCUT2D eigenvalue weighted by molar-refractivity contribution is 7.20. The minimum Gasteiger partial charge on any atom is -0.431 e. The molecule has 160 valence electrons. The number of hydrogen-bond donors (Lipinski definition) is 0. The zero-order chi connectivity index (χ0) is 21.5. The number of hydrogen-bond acceptors (Lipinski definition) is 5. The molecule has 1 heterocycles. The van der Waals surface area contributed by atoms with E-state index < -0.39 is 0 Å². The number of carbonyl (C=O) groups is 1. The lowest BCUT2D eigenvalue weighted by Gasteiger charge is -2.28. The Morgan fingerprint density at radius 2 is 1.83 bits per heavy atom.